The normalized spacial score (nSPS) is 15.4. The van der Waals surface area contributed by atoms with E-state index in [1.54, 1.807) is 30.3 Å². The number of carbonyl (C=O) groups is 2. The van der Waals surface area contributed by atoms with Gasteiger partial charge in [0.1, 0.15) is 0 Å². The van der Waals surface area contributed by atoms with Gasteiger partial charge in [-0.15, -0.1) is 11.3 Å². The van der Waals surface area contributed by atoms with E-state index in [1.165, 1.54) is 16.2 Å². The Morgan fingerprint density at radius 2 is 1.83 bits per heavy atom. The summed E-state index contributed by atoms with van der Waals surface area (Å²) in [5.74, 6) is -0.728. The highest BCUT2D eigenvalue weighted by atomic mass is 35.5. The van der Waals surface area contributed by atoms with Crippen LogP contribution in [-0.2, 0) is 4.79 Å². The Morgan fingerprint density at radius 3 is 2.62 bits per heavy atom. The molecule has 5 rings (SSSR count). The SMILES string of the molecule is Cc1cccc(N2C(=O)/C(=C/c3c(Cl)nc4sccn34)c3ccccc3C2=O)c1. The van der Waals surface area contributed by atoms with Gasteiger partial charge in [-0.1, -0.05) is 41.9 Å². The molecule has 0 atom stereocenters. The van der Waals surface area contributed by atoms with Crippen molar-refractivity contribution in [1.29, 1.82) is 0 Å². The highest BCUT2D eigenvalue weighted by Crippen LogP contribution is 2.35. The van der Waals surface area contributed by atoms with E-state index in [9.17, 15) is 9.59 Å². The summed E-state index contributed by atoms with van der Waals surface area (Å²) in [5, 5.41) is 2.22. The van der Waals surface area contributed by atoms with Crippen LogP contribution in [0.15, 0.2) is 60.1 Å². The van der Waals surface area contributed by atoms with Crippen LogP contribution in [0.3, 0.4) is 0 Å². The van der Waals surface area contributed by atoms with Crippen molar-refractivity contribution in [3.8, 4) is 0 Å². The summed E-state index contributed by atoms with van der Waals surface area (Å²) in [7, 11) is 0. The molecule has 7 heteroatoms. The minimum atomic E-state index is -0.388. The molecule has 5 nitrogen and oxygen atoms in total. The van der Waals surface area contributed by atoms with Gasteiger partial charge in [0.2, 0.25) is 0 Å². The smallest absolute Gasteiger partial charge is 0.266 e. The fraction of sp³-hybridized carbons (Fsp3) is 0.0455. The Hall–Kier alpha value is -3.22. The van der Waals surface area contributed by atoms with E-state index in [0.29, 0.717) is 33.2 Å². The predicted octanol–water partition coefficient (Wildman–Crippen LogP) is 5.09. The summed E-state index contributed by atoms with van der Waals surface area (Å²) in [6.07, 6.45) is 3.57. The number of thiazole rings is 1. The first-order chi connectivity index (χ1) is 14.0. The number of hydrogen-bond donors (Lipinski definition) is 0. The Kier molecular flexibility index (Phi) is 4.12. The van der Waals surface area contributed by atoms with E-state index in [4.69, 9.17) is 11.6 Å². The maximum Gasteiger partial charge on any atom is 0.266 e. The average molecular weight is 420 g/mol. The molecule has 1 aliphatic rings. The number of amides is 2. The Morgan fingerprint density at radius 1 is 1.03 bits per heavy atom. The number of aromatic nitrogens is 2. The first-order valence-electron chi connectivity index (χ1n) is 8.92. The van der Waals surface area contributed by atoms with Crippen molar-refractivity contribution < 1.29 is 9.59 Å². The first kappa shape index (κ1) is 17.8. The van der Waals surface area contributed by atoms with E-state index in [1.807, 2.05) is 47.2 Å². The molecule has 0 unspecified atom stereocenters. The molecule has 142 valence electrons. The van der Waals surface area contributed by atoms with E-state index in [0.717, 1.165) is 10.5 Å². The Labute approximate surface area is 175 Å². The monoisotopic (exact) mass is 419 g/mol. The minimum absolute atomic E-state index is 0.314. The Balaban J connectivity index is 1.75. The molecule has 0 spiro atoms. The number of hydrogen-bond acceptors (Lipinski definition) is 4. The quantitative estimate of drug-likeness (QED) is 0.336. The van der Waals surface area contributed by atoms with Crippen LogP contribution in [0, 0.1) is 6.92 Å². The van der Waals surface area contributed by atoms with Gasteiger partial charge >= 0.3 is 0 Å². The summed E-state index contributed by atoms with van der Waals surface area (Å²) in [5.41, 5.74) is 3.58. The molecule has 0 aliphatic carbocycles. The summed E-state index contributed by atoms with van der Waals surface area (Å²) in [6.45, 7) is 1.92. The van der Waals surface area contributed by atoms with Gasteiger partial charge in [0.15, 0.2) is 10.1 Å². The molecule has 2 aromatic heterocycles. The third kappa shape index (κ3) is 2.80. The Bertz CT molecular complexity index is 1330. The maximum atomic E-state index is 13.5. The number of anilines is 1. The molecule has 0 radical (unpaired) electrons. The number of imidazole rings is 1. The highest BCUT2D eigenvalue weighted by molar-refractivity contribution is 7.15. The van der Waals surface area contributed by atoms with Crippen LogP contribution in [0.5, 0.6) is 0 Å². The van der Waals surface area contributed by atoms with Crippen LogP contribution in [0.4, 0.5) is 5.69 Å². The molecule has 29 heavy (non-hydrogen) atoms. The van der Waals surface area contributed by atoms with Crippen LogP contribution < -0.4 is 4.90 Å². The zero-order valence-corrected chi connectivity index (χ0v) is 16.9. The first-order valence-corrected chi connectivity index (χ1v) is 10.2. The van der Waals surface area contributed by atoms with E-state index >= 15 is 0 Å². The lowest BCUT2D eigenvalue weighted by Crippen LogP contribution is -2.41. The third-order valence-corrected chi connectivity index (χ3v) is 5.91. The van der Waals surface area contributed by atoms with Crippen molar-refractivity contribution in [2.24, 2.45) is 0 Å². The molecule has 1 aliphatic heterocycles. The maximum absolute atomic E-state index is 13.5. The molecule has 0 saturated carbocycles. The molecule has 2 amide bonds. The molecule has 0 bridgehead atoms. The summed E-state index contributed by atoms with van der Waals surface area (Å²) in [6, 6.07) is 14.5. The second kappa shape index (κ2) is 6.69. The van der Waals surface area contributed by atoms with Crippen LogP contribution >= 0.6 is 22.9 Å². The highest BCUT2D eigenvalue weighted by Gasteiger charge is 2.36. The van der Waals surface area contributed by atoms with Gasteiger partial charge in [-0.3, -0.25) is 14.0 Å². The van der Waals surface area contributed by atoms with Gasteiger partial charge in [0, 0.05) is 22.7 Å². The molecule has 2 aromatic carbocycles. The summed E-state index contributed by atoms with van der Waals surface area (Å²) in [4.78, 5) is 32.9. The van der Waals surface area contributed by atoms with E-state index in [-0.39, 0.29) is 11.8 Å². The topological polar surface area (TPSA) is 54.7 Å². The molecule has 3 heterocycles. The molecular weight excluding hydrogens is 406 g/mol. The number of carbonyl (C=O) groups excluding carboxylic acids is 2. The van der Waals surface area contributed by atoms with Crippen molar-refractivity contribution in [2.75, 3.05) is 4.90 Å². The number of nitrogens with zero attached hydrogens (tertiary/aromatic N) is 3. The second-order valence-corrected chi connectivity index (χ2v) is 7.96. The molecule has 4 aromatic rings. The van der Waals surface area contributed by atoms with Crippen molar-refractivity contribution in [3.63, 3.8) is 0 Å². The summed E-state index contributed by atoms with van der Waals surface area (Å²) < 4.78 is 1.84. The summed E-state index contributed by atoms with van der Waals surface area (Å²) >= 11 is 7.80. The predicted molar refractivity (Wildman–Crippen MR) is 115 cm³/mol. The largest absolute Gasteiger partial charge is 0.289 e. The van der Waals surface area contributed by atoms with Gasteiger partial charge in [-0.2, -0.15) is 0 Å². The van der Waals surface area contributed by atoms with Gasteiger partial charge in [-0.05, 0) is 36.8 Å². The fourth-order valence-corrected chi connectivity index (χ4v) is 4.53. The lowest BCUT2D eigenvalue weighted by atomic mass is 9.92. The number of aryl methyl sites for hydroxylation is 1. The number of imide groups is 1. The second-order valence-electron chi connectivity index (χ2n) is 6.73. The minimum Gasteiger partial charge on any atom is -0.289 e. The lowest BCUT2D eigenvalue weighted by Gasteiger charge is -2.28. The number of rotatable bonds is 2. The standard InChI is InChI=1S/C22H14ClN3O2S/c1-13-5-4-6-14(11-13)26-20(27)16-8-3-2-7-15(16)17(21(26)28)12-18-19(23)24-22-25(18)9-10-29-22/h2-12H,1H3/b17-12+. The molecule has 0 N–H and O–H groups in total. The van der Waals surface area contributed by atoms with Gasteiger partial charge in [-0.25, -0.2) is 9.88 Å². The number of fused-ring (bicyclic) bond motifs is 2. The van der Waals surface area contributed by atoms with Gasteiger partial charge in [0.05, 0.1) is 17.0 Å². The zero-order valence-electron chi connectivity index (χ0n) is 15.3. The van der Waals surface area contributed by atoms with Crippen LogP contribution in [-0.4, -0.2) is 21.2 Å². The van der Waals surface area contributed by atoms with Gasteiger partial charge in [0.25, 0.3) is 11.8 Å². The van der Waals surface area contributed by atoms with Crippen LogP contribution in [0.1, 0.15) is 27.2 Å². The number of benzene rings is 2. The average Bonchev–Trinajstić information content (AvgIpc) is 3.27. The molecular formula is C22H14ClN3O2S. The zero-order chi connectivity index (χ0) is 20.1. The fourth-order valence-electron chi connectivity index (χ4n) is 3.54. The van der Waals surface area contributed by atoms with Crippen LogP contribution in [0.2, 0.25) is 5.15 Å². The lowest BCUT2D eigenvalue weighted by molar-refractivity contribution is -0.112. The van der Waals surface area contributed by atoms with E-state index in [2.05, 4.69) is 4.98 Å². The van der Waals surface area contributed by atoms with Gasteiger partial charge < -0.3 is 0 Å². The number of halogens is 1. The third-order valence-electron chi connectivity index (χ3n) is 4.88. The van der Waals surface area contributed by atoms with Crippen molar-refractivity contribution >= 4 is 57.0 Å². The van der Waals surface area contributed by atoms with Crippen molar-refractivity contribution in [2.45, 2.75) is 6.92 Å². The van der Waals surface area contributed by atoms with Crippen LogP contribution in [0.25, 0.3) is 16.6 Å². The molecule has 0 saturated heterocycles. The van der Waals surface area contributed by atoms with Crippen molar-refractivity contribution in [3.05, 3.63) is 87.6 Å². The van der Waals surface area contributed by atoms with Crippen molar-refractivity contribution in [1.82, 2.24) is 9.38 Å². The van der Waals surface area contributed by atoms with E-state index < -0.39 is 0 Å². The molecule has 0 fully saturated rings.